The Kier molecular flexibility index (Phi) is 5.71. The summed E-state index contributed by atoms with van der Waals surface area (Å²) in [5.41, 5.74) is 0.285. The van der Waals surface area contributed by atoms with Crippen molar-refractivity contribution in [1.82, 2.24) is 15.1 Å². The van der Waals surface area contributed by atoms with Gasteiger partial charge in [0.2, 0.25) is 0 Å². The van der Waals surface area contributed by atoms with Crippen LogP contribution >= 0.6 is 0 Å². The van der Waals surface area contributed by atoms with Gasteiger partial charge in [-0.15, -0.1) is 0 Å². The van der Waals surface area contributed by atoms with E-state index in [9.17, 15) is 13.6 Å². The van der Waals surface area contributed by atoms with Crippen molar-refractivity contribution in [2.45, 2.75) is 20.4 Å². The van der Waals surface area contributed by atoms with Crippen LogP contribution < -0.4 is 5.32 Å². The molecule has 0 aromatic heterocycles. The highest BCUT2D eigenvalue weighted by atomic mass is 19.1. The van der Waals surface area contributed by atoms with Crippen molar-refractivity contribution in [2.75, 3.05) is 32.7 Å². The Morgan fingerprint density at radius 1 is 1.23 bits per heavy atom. The fraction of sp³-hybridized carbons (Fsp3) is 0.562. The first kappa shape index (κ1) is 16.7. The summed E-state index contributed by atoms with van der Waals surface area (Å²) < 4.78 is 26.3. The van der Waals surface area contributed by atoms with Crippen LogP contribution in [0.25, 0.3) is 0 Å². The van der Waals surface area contributed by atoms with Crippen molar-refractivity contribution in [3.63, 3.8) is 0 Å². The van der Waals surface area contributed by atoms with Crippen LogP contribution in [-0.2, 0) is 6.54 Å². The Bertz CT molecular complexity index is 514. The quantitative estimate of drug-likeness (QED) is 0.927. The first-order valence-electron chi connectivity index (χ1n) is 7.64. The summed E-state index contributed by atoms with van der Waals surface area (Å²) in [7, 11) is 0. The maximum absolute atomic E-state index is 13.5. The third-order valence-electron chi connectivity index (χ3n) is 3.73. The predicted molar refractivity (Wildman–Crippen MR) is 81.4 cm³/mol. The number of hydrogen-bond acceptors (Lipinski definition) is 2. The topological polar surface area (TPSA) is 35.6 Å². The Morgan fingerprint density at radius 3 is 2.50 bits per heavy atom. The summed E-state index contributed by atoms with van der Waals surface area (Å²) in [6, 6.07) is 3.17. The van der Waals surface area contributed by atoms with Gasteiger partial charge < -0.3 is 10.2 Å². The SMILES string of the molecule is CC(C)CN1CCN(C(=O)NCc2ccc(F)cc2F)CC1. The third kappa shape index (κ3) is 4.66. The van der Waals surface area contributed by atoms with Crippen molar-refractivity contribution in [2.24, 2.45) is 5.92 Å². The second kappa shape index (κ2) is 7.54. The summed E-state index contributed by atoms with van der Waals surface area (Å²) in [5.74, 6) is -0.641. The van der Waals surface area contributed by atoms with Crippen LogP contribution in [0.1, 0.15) is 19.4 Å². The summed E-state index contributed by atoms with van der Waals surface area (Å²) in [6.07, 6.45) is 0. The van der Waals surface area contributed by atoms with Gasteiger partial charge in [-0.25, -0.2) is 13.6 Å². The van der Waals surface area contributed by atoms with Gasteiger partial charge >= 0.3 is 6.03 Å². The van der Waals surface area contributed by atoms with E-state index in [1.807, 2.05) is 0 Å². The molecule has 0 saturated carbocycles. The molecule has 1 heterocycles. The molecule has 0 bridgehead atoms. The molecule has 122 valence electrons. The van der Waals surface area contributed by atoms with Crippen LogP contribution in [0.15, 0.2) is 18.2 Å². The van der Waals surface area contributed by atoms with Crippen LogP contribution in [0.3, 0.4) is 0 Å². The molecular formula is C16H23F2N3O. The lowest BCUT2D eigenvalue weighted by molar-refractivity contribution is 0.131. The van der Waals surface area contributed by atoms with E-state index in [2.05, 4.69) is 24.1 Å². The Labute approximate surface area is 130 Å². The number of halogens is 2. The van der Waals surface area contributed by atoms with Gasteiger partial charge in [0, 0.05) is 50.9 Å². The molecule has 4 nitrogen and oxygen atoms in total. The van der Waals surface area contributed by atoms with Gasteiger partial charge in [-0.2, -0.15) is 0 Å². The molecule has 0 unspecified atom stereocenters. The summed E-state index contributed by atoms with van der Waals surface area (Å²) in [6.45, 7) is 8.52. The number of carbonyl (C=O) groups is 1. The molecule has 0 atom stereocenters. The van der Waals surface area contributed by atoms with Crippen molar-refractivity contribution in [3.05, 3.63) is 35.4 Å². The molecule has 1 aliphatic heterocycles. The average Bonchev–Trinajstić information content (AvgIpc) is 2.46. The number of piperazine rings is 1. The number of benzene rings is 1. The first-order valence-corrected chi connectivity index (χ1v) is 7.64. The smallest absolute Gasteiger partial charge is 0.317 e. The molecule has 1 aromatic rings. The van der Waals surface area contributed by atoms with Crippen LogP contribution in [0.5, 0.6) is 0 Å². The van der Waals surface area contributed by atoms with Gasteiger partial charge in [0.15, 0.2) is 0 Å². The van der Waals surface area contributed by atoms with Crippen molar-refractivity contribution < 1.29 is 13.6 Å². The lowest BCUT2D eigenvalue weighted by Crippen LogP contribution is -2.52. The van der Waals surface area contributed by atoms with Crippen molar-refractivity contribution in [1.29, 1.82) is 0 Å². The number of amides is 2. The van der Waals surface area contributed by atoms with Crippen LogP contribution in [-0.4, -0.2) is 48.6 Å². The second-order valence-corrected chi connectivity index (χ2v) is 6.08. The average molecular weight is 311 g/mol. The minimum atomic E-state index is -0.637. The molecule has 0 aliphatic carbocycles. The minimum Gasteiger partial charge on any atom is -0.334 e. The largest absolute Gasteiger partial charge is 0.334 e. The number of nitrogens with one attached hydrogen (secondary N) is 1. The zero-order valence-corrected chi connectivity index (χ0v) is 13.1. The summed E-state index contributed by atoms with van der Waals surface area (Å²) >= 11 is 0. The van der Waals surface area contributed by atoms with E-state index in [1.54, 1.807) is 4.90 Å². The van der Waals surface area contributed by atoms with E-state index >= 15 is 0 Å². The first-order chi connectivity index (χ1) is 10.5. The van der Waals surface area contributed by atoms with E-state index in [-0.39, 0.29) is 18.1 Å². The molecule has 0 spiro atoms. The molecule has 1 aromatic carbocycles. The molecule has 6 heteroatoms. The monoisotopic (exact) mass is 311 g/mol. The molecular weight excluding hydrogens is 288 g/mol. The molecule has 2 rings (SSSR count). The van der Waals surface area contributed by atoms with Crippen molar-refractivity contribution in [3.8, 4) is 0 Å². The summed E-state index contributed by atoms with van der Waals surface area (Å²) in [4.78, 5) is 16.2. The number of hydrogen-bond donors (Lipinski definition) is 1. The second-order valence-electron chi connectivity index (χ2n) is 6.08. The highest BCUT2D eigenvalue weighted by Crippen LogP contribution is 2.10. The highest BCUT2D eigenvalue weighted by Gasteiger charge is 2.21. The van der Waals surface area contributed by atoms with Crippen LogP contribution in [0.4, 0.5) is 13.6 Å². The number of carbonyl (C=O) groups excluding carboxylic acids is 1. The van der Waals surface area contributed by atoms with Crippen LogP contribution in [0.2, 0.25) is 0 Å². The minimum absolute atomic E-state index is 0.0666. The van der Waals surface area contributed by atoms with E-state index in [1.165, 1.54) is 12.1 Å². The number of rotatable bonds is 4. The molecule has 1 saturated heterocycles. The van der Waals surface area contributed by atoms with E-state index in [0.29, 0.717) is 19.0 Å². The van der Waals surface area contributed by atoms with E-state index in [4.69, 9.17) is 0 Å². The van der Waals surface area contributed by atoms with Crippen LogP contribution in [0, 0.1) is 17.6 Å². The fourth-order valence-corrected chi connectivity index (χ4v) is 2.60. The molecule has 1 fully saturated rings. The molecule has 0 radical (unpaired) electrons. The van der Waals surface area contributed by atoms with Gasteiger partial charge in [-0.05, 0) is 12.0 Å². The summed E-state index contributed by atoms with van der Waals surface area (Å²) in [5, 5.41) is 2.69. The number of nitrogens with zero attached hydrogens (tertiary/aromatic N) is 2. The third-order valence-corrected chi connectivity index (χ3v) is 3.73. The molecule has 1 N–H and O–H groups in total. The maximum Gasteiger partial charge on any atom is 0.317 e. The van der Waals surface area contributed by atoms with Gasteiger partial charge in [0.1, 0.15) is 11.6 Å². The van der Waals surface area contributed by atoms with E-state index in [0.717, 1.165) is 25.7 Å². The van der Waals surface area contributed by atoms with Gasteiger partial charge in [0.05, 0.1) is 0 Å². The van der Waals surface area contributed by atoms with Gasteiger partial charge in [-0.3, -0.25) is 4.90 Å². The number of urea groups is 1. The standard InChI is InChI=1S/C16H23F2N3O/c1-12(2)11-20-5-7-21(8-6-20)16(22)19-10-13-3-4-14(17)9-15(13)18/h3-4,9,12H,5-8,10-11H2,1-2H3,(H,19,22). The van der Waals surface area contributed by atoms with Crippen molar-refractivity contribution >= 4 is 6.03 Å². The Hall–Kier alpha value is -1.69. The lowest BCUT2D eigenvalue weighted by Gasteiger charge is -2.35. The normalized spacial score (nSPS) is 16.1. The zero-order chi connectivity index (χ0) is 16.1. The lowest BCUT2D eigenvalue weighted by atomic mass is 10.2. The van der Waals surface area contributed by atoms with Gasteiger partial charge in [-0.1, -0.05) is 19.9 Å². The highest BCUT2D eigenvalue weighted by molar-refractivity contribution is 5.74. The molecule has 2 amide bonds. The van der Waals surface area contributed by atoms with Gasteiger partial charge in [0.25, 0.3) is 0 Å². The molecule has 1 aliphatic rings. The zero-order valence-electron chi connectivity index (χ0n) is 13.1. The Balaban J connectivity index is 1.79. The maximum atomic E-state index is 13.5. The Morgan fingerprint density at radius 2 is 1.91 bits per heavy atom. The van der Waals surface area contributed by atoms with E-state index < -0.39 is 11.6 Å². The molecule has 22 heavy (non-hydrogen) atoms. The predicted octanol–water partition coefficient (Wildman–Crippen LogP) is 2.45. The fourth-order valence-electron chi connectivity index (χ4n) is 2.60.